The third-order valence-electron chi connectivity index (χ3n) is 5.77. The second-order valence-electron chi connectivity index (χ2n) is 7.57. The largest absolute Gasteiger partial charge is 0.390 e. The summed E-state index contributed by atoms with van der Waals surface area (Å²) in [5.74, 6) is 2.58. The standard InChI is InChI=1S/C16H24O3/c1-16(2,19)12-3-9-5-13(17)7-11-8-14(18)6-10(4-12)15(9)11/h9-12,15,19H,3-8H2,1-2H3/t9-,10+,11?,12?,15?. The topological polar surface area (TPSA) is 54.4 Å². The van der Waals surface area contributed by atoms with E-state index >= 15 is 0 Å². The predicted octanol–water partition coefficient (Wildman–Crippen LogP) is 2.36. The molecule has 3 unspecified atom stereocenters. The smallest absolute Gasteiger partial charge is 0.133 e. The zero-order valence-electron chi connectivity index (χ0n) is 11.9. The van der Waals surface area contributed by atoms with Crippen molar-refractivity contribution in [2.45, 2.75) is 58.0 Å². The molecule has 0 aromatic rings. The number of aliphatic hydroxyl groups is 1. The molecule has 0 amide bonds. The van der Waals surface area contributed by atoms with Crippen LogP contribution in [0.25, 0.3) is 0 Å². The van der Waals surface area contributed by atoms with Crippen molar-refractivity contribution in [2.75, 3.05) is 0 Å². The Labute approximate surface area is 114 Å². The van der Waals surface area contributed by atoms with Gasteiger partial charge in [-0.05, 0) is 56.3 Å². The number of hydrogen-bond acceptors (Lipinski definition) is 3. The summed E-state index contributed by atoms with van der Waals surface area (Å²) in [6, 6.07) is 0. The minimum Gasteiger partial charge on any atom is -0.390 e. The Balaban J connectivity index is 1.87. The van der Waals surface area contributed by atoms with Gasteiger partial charge in [0.2, 0.25) is 0 Å². The normalized spacial score (nSPS) is 43.0. The number of ketones is 2. The number of hydrogen-bond donors (Lipinski definition) is 1. The third-order valence-corrected chi connectivity index (χ3v) is 5.77. The van der Waals surface area contributed by atoms with E-state index in [9.17, 15) is 14.7 Å². The molecular formula is C16H24O3. The molecule has 3 rings (SSSR count). The van der Waals surface area contributed by atoms with Gasteiger partial charge in [0, 0.05) is 25.7 Å². The van der Waals surface area contributed by atoms with Gasteiger partial charge in [-0.25, -0.2) is 0 Å². The van der Waals surface area contributed by atoms with Crippen molar-refractivity contribution in [3.63, 3.8) is 0 Å². The summed E-state index contributed by atoms with van der Waals surface area (Å²) in [5, 5.41) is 10.3. The molecule has 3 fully saturated rings. The zero-order chi connectivity index (χ0) is 13.8. The van der Waals surface area contributed by atoms with E-state index in [2.05, 4.69) is 0 Å². The van der Waals surface area contributed by atoms with Crippen LogP contribution in [0, 0.1) is 29.6 Å². The van der Waals surface area contributed by atoms with Gasteiger partial charge in [-0.3, -0.25) is 9.59 Å². The summed E-state index contributed by atoms with van der Waals surface area (Å²) in [4.78, 5) is 23.8. The van der Waals surface area contributed by atoms with Crippen molar-refractivity contribution in [3.05, 3.63) is 0 Å². The number of carbonyl (C=O) groups is 2. The lowest BCUT2D eigenvalue weighted by Crippen LogP contribution is -2.50. The molecule has 0 aromatic heterocycles. The molecule has 0 aromatic carbocycles. The van der Waals surface area contributed by atoms with Crippen LogP contribution in [0.1, 0.15) is 52.4 Å². The summed E-state index contributed by atoms with van der Waals surface area (Å²) >= 11 is 0. The van der Waals surface area contributed by atoms with E-state index in [1.54, 1.807) is 0 Å². The highest BCUT2D eigenvalue weighted by Crippen LogP contribution is 2.54. The van der Waals surface area contributed by atoms with Crippen molar-refractivity contribution in [1.82, 2.24) is 0 Å². The van der Waals surface area contributed by atoms with Gasteiger partial charge in [-0.15, -0.1) is 0 Å². The molecule has 3 heteroatoms. The first-order valence-electron chi connectivity index (χ1n) is 7.60. The highest BCUT2D eigenvalue weighted by atomic mass is 16.3. The zero-order valence-corrected chi connectivity index (χ0v) is 11.9. The second-order valence-corrected chi connectivity index (χ2v) is 7.57. The van der Waals surface area contributed by atoms with Gasteiger partial charge in [0.1, 0.15) is 11.6 Å². The molecule has 0 saturated heterocycles. The van der Waals surface area contributed by atoms with Crippen molar-refractivity contribution in [1.29, 1.82) is 0 Å². The molecule has 0 aliphatic heterocycles. The Morgan fingerprint density at radius 3 is 1.74 bits per heavy atom. The first-order valence-corrected chi connectivity index (χ1v) is 7.60. The highest BCUT2D eigenvalue weighted by molar-refractivity contribution is 5.84. The van der Waals surface area contributed by atoms with Gasteiger partial charge in [-0.1, -0.05) is 0 Å². The molecule has 1 N–H and O–H groups in total. The molecule has 0 bridgehead atoms. The first kappa shape index (κ1) is 13.3. The van der Waals surface area contributed by atoms with Crippen molar-refractivity contribution >= 4 is 11.6 Å². The van der Waals surface area contributed by atoms with Gasteiger partial charge >= 0.3 is 0 Å². The van der Waals surface area contributed by atoms with Crippen LogP contribution in [0.4, 0.5) is 0 Å². The van der Waals surface area contributed by atoms with Crippen LogP contribution in [-0.4, -0.2) is 22.3 Å². The SMILES string of the molecule is CC(C)(O)C1C[C@H]2CC(=O)CC3CC(=O)C[C@@H](C1)C32. The fraction of sp³-hybridized carbons (Fsp3) is 0.875. The maximum absolute atomic E-state index is 11.9. The number of carbonyl (C=O) groups excluding carboxylic acids is 2. The van der Waals surface area contributed by atoms with E-state index in [0.29, 0.717) is 60.9 Å². The molecule has 0 radical (unpaired) electrons. The van der Waals surface area contributed by atoms with Gasteiger partial charge in [-0.2, -0.15) is 0 Å². The van der Waals surface area contributed by atoms with E-state index in [1.165, 1.54) is 0 Å². The minimum atomic E-state index is -0.693. The molecule has 106 valence electrons. The van der Waals surface area contributed by atoms with E-state index in [-0.39, 0.29) is 5.92 Å². The molecule has 3 saturated carbocycles. The van der Waals surface area contributed by atoms with Crippen molar-refractivity contribution < 1.29 is 14.7 Å². The van der Waals surface area contributed by atoms with Crippen LogP contribution in [-0.2, 0) is 9.59 Å². The van der Waals surface area contributed by atoms with Gasteiger partial charge in [0.05, 0.1) is 5.60 Å². The van der Waals surface area contributed by atoms with E-state index < -0.39 is 5.60 Å². The summed E-state index contributed by atoms with van der Waals surface area (Å²) in [6.07, 6.45) is 4.52. The Morgan fingerprint density at radius 2 is 1.32 bits per heavy atom. The van der Waals surface area contributed by atoms with Gasteiger partial charge in [0.25, 0.3) is 0 Å². The van der Waals surface area contributed by atoms with Gasteiger partial charge < -0.3 is 5.11 Å². The number of Topliss-reactive ketones (excluding diaryl/α,β-unsaturated/α-hetero) is 2. The van der Waals surface area contributed by atoms with Crippen molar-refractivity contribution in [2.24, 2.45) is 29.6 Å². The molecule has 0 spiro atoms. The van der Waals surface area contributed by atoms with Gasteiger partial charge in [0.15, 0.2) is 0 Å². The first-order chi connectivity index (χ1) is 8.84. The summed E-state index contributed by atoms with van der Waals surface area (Å²) in [6.45, 7) is 3.73. The molecule has 5 atom stereocenters. The molecule has 3 aliphatic rings. The summed E-state index contributed by atoms with van der Waals surface area (Å²) in [7, 11) is 0. The molecular weight excluding hydrogens is 240 g/mol. The molecule has 19 heavy (non-hydrogen) atoms. The Bertz CT molecular complexity index is 377. The molecule has 3 nitrogen and oxygen atoms in total. The average molecular weight is 264 g/mol. The van der Waals surface area contributed by atoms with E-state index in [4.69, 9.17) is 0 Å². The third kappa shape index (κ3) is 2.37. The predicted molar refractivity (Wildman–Crippen MR) is 71.5 cm³/mol. The Hall–Kier alpha value is -0.700. The van der Waals surface area contributed by atoms with Crippen LogP contribution < -0.4 is 0 Å². The van der Waals surface area contributed by atoms with Crippen LogP contribution in [0.2, 0.25) is 0 Å². The lowest BCUT2D eigenvalue weighted by Gasteiger charge is -2.52. The molecule has 0 heterocycles. The summed E-state index contributed by atoms with van der Waals surface area (Å²) < 4.78 is 0. The van der Waals surface area contributed by atoms with Crippen LogP contribution >= 0.6 is 0 Å². The fourth-order valence-corrected chi connectivity index (χ4v) is 4.99. The lowest BCUT2D eigenvalue weighted by atomic mass is 9.52. The van der Waals surface area contributed by atoms with E-state index in [1.807, 2.05) is 13.8 Å². The summed E-state index contributed by atoms with van der Waals surface area (Å²) in [5.41, 5.74) is -0.693. The monoisotopic (exact) mass is 264 g/mol. The highest BCUT2D eigenvalue weighted by Gasteiger charge is 2.51. The van der Waals surface area contributed by atoms with Crippen LogP contribution in [0.5, 0.6) is 0 Å². The minimum absolute atomic E-state index is 0.233. The number of rotatable bonds is 1. The van der Waals surface area contributed by atoms with Crippen LogP contribution in [0.15, 0.2) is 0 Å². The quantitative estimate of drug-likeness (QED) is 0.791. The van der Waals surface area contributed by atoms with E-state index in [0.717, 1.165) is 12.8 Å². The van der Waals surface area contributed by atoms with Crippen LogP contribution in [0.3, 0.4) is 0 Å². The lowest BCUT2D eigenvalue weighted by molar-refractivity contribution is -0.141. The molecule has 3 aliphatic carbocycles. The maximum atomic E-state index is 11.9. The Kier molecular flexibility index (Phi) is 3.08. The Morgan fingerprint density at radius 1 is 0.895 bits per heavy atom. The second kappa shape index (κ2) is 4.41. The fourth-order valence-electron chi connectivity index (χ4n) is 4.99. The van der Waals surface area contributed by atoms with Crippen molar-refractivity contribution in [3.8, 4) is 0 Å². The average Bonchev–Trinajstić information content (AvgIpc) is 2.25. The maximum Gasteiger partial charge on any atom is 0.133 e.